The molecule has 15 atom stereocenters. The molecule has 0 aromatic heterocycles. The second-order valence-electron chi connectivity index (χ2n) is 20.1. The fourth-order valence-corrected chi connectivity index (χ4v) is 10.6. The van der Waals surface area contributed by atoms with Gasteiger partial charge in [0.2, 0.25) is 5.79 Å². The molecule has 0 spiro atoms. The van der Waals surface area contributed by atoms with Crippen LogP contribution in [-0.4, -0.2) is 133 Å². The number of Topliss-reactive ketones (excluding diaryl/α,β-unsaturated/α-hetero) is 3. The zero-order valence-electron chi connectivity index (χ0n) is 41.0. The number of aliphatic hydroxyl groups excluding tert-OH is 1. The van der Waals surface area contributed by atoms with Gasteiger partial charge < -0.3 is 43.5 Å². The van der Waals surface area contributed by atoms with Crippen LogP contribution in [0.25, 0.3) is 0 Å². The number of rotatable bonds is 5. The fraction of sp³-hybridized carbons (Fsp3) is 0.750. The molecule has 5 rings (SSSR count). The van der Waals surface area contributed by atoms with Crippen LogP contribution in [-0.2, 0) is 52.4 Å². The Morgan fingerprint density at radius 1 is 0.848 bits per heavy atom. The second-order valence-corrected chi connectivity index (χ2v) is 20.1. The number of carbonyl (C=O) groups excluding carboxylic acids is 5. The Bertz CT molecular complexity index is 1810. The molecule has 0 aromatic carbocycles. The van der Waals surface area contributed by atoms with Gasteiger partial charge in [0.05, 0.1) is 37.6 Å². The van der Waals surface area contributed by atoms with Gasteiger partial charge in [-0.3, -0.25) is 19.2 Å². The van der Waals surface area contributed by atoms with E-state index in [0.29, 0.717) is 63.7 Å². The molecule has 1 aliphatic carbocycles. The summed E-state index contributed by atoms with van der Waals surface area (Å²) in [6, 6.07) is -1.12. The highest BCUT2D eigenvalue weighted by molar-refractivity contribution is 6.39. The summed E-state index contributed by atoms with van der Waals surface area (Å²) >= 11 is 0. The Morgan fingerprint density at radius 2 is 1.58 bits per heavy atom. The van der Waals surface area contributed by atoms with E-state index in [-0.39, 0.29) is 60.9 Å². The Labute approximate surface area is 392 Å². The monoisotopic (exact) mass is 926 g/mol. The van der Waals surface area contributed by atoms with E-state index in [1.54, 1.807) is 34.0 Å². The molecule has 0 radical (unpaired) electrons. The van der Waals surface area contributed by atoms with Gasteiger partial charge in [0.15, 0.2) is 5.78 Å². The number of fused-ring (bicyclic) bond motifs is 4. The Kier molecular flexibility index (Phi) is 20.1. The average Bonchev–Trinajstić information content (AvgIpc) is 3.30. The highest BCUT2D eigenvalue weighted by Gasteiger charge is 2.53. The molecule has 0 unspecified atom stereocenters. The molecule has 4 aliphatic heterocycles. The van der Waals surface area contributed by atoms with Crippen LogP contribution in [0.15, 0.2) is 47.6 Å². The summed E-state index contributed by atoms with van der Waals surface area (Å²) in [6.45, 7) is 14.0. The molecule has 4 fully saturated rings. The van der Waals surface area contributed by atoms with Crippen LogP contribution in [0.3, 0.4) is 0 Å². The zero-order chi connectivity index (χ0) is 48.3. The summed E-state index contributed by atoms with van der Waals surface area (Å²) in [7, 11) is 2.97. The maximum Gasteiger partial charge on any atom is 0.329 e. The molecule has 66 heavy (non-hydrogen) atoms. The predicted octanol–water partition coefficient (Wildman–Crippen LogP) is 6.59. The number of methoxy groups -OCH3 is 2. The Balaban J connectivity index is 1.45. The summed E-state index contributed by atoms with van der Waals surface area (Å²) in [5, 5.41) is 23.4. The summed E-state index contributed by atoms with van der Waals surface area (Å²) < 4.78 is 35.9. The van der Waals surface area contributed by atoms with Gasteiger partial charge in [-0.2, -0.15) is 0 Å². The molecule has 5 aliphatic rings. The number of ether oxygens (including phenoxy) is 6. The molecular weight excluding hydrogens is 847 g/mol. The van der Waals surface area contributed by atoms with Crippen molar-refractivity contribution in [1.29, 1.82) is 0 Å². The molecule has 2 bridgehead atoms. The van der Waals surface area contributed by atoms with Gasteiger partial charge in [-0.05, 0) is 107 Å². The average molecular weight is 926 g/mol. The van der Waals surface area contributed by atoms with Gasteiger partial charge in [-0.15, -0.1) is 0 Å². The van der Waals surface area contributed by atoms with E-state index in [9.17, 15) is 34.2 Å². The molecule has 1 amide bonds. The van der Waals surface area contributed by atoms with Crippen molar-refractivity contribution in [2.24, 2.45) is 35.5 Å². The fourth-order valence-electron chi connectivity index (χ4n) is 10.6. The molecule has 3 saturated heterocycles. The molecule has 14 nitrogen and oxygen atoms in total. The number of amides is 1. The van der Waals surface area contributed by atoms with Gasteiger partial charge >= 0.3 is 5.97 Å². The van der Waals surface area contributed by atoms with E-state index in [1.165, 1.54) is 12.0 Å². The third-order valence-corrected chi connectivity index (χ3v) is 14.9. The first-order valence-electron chi connectivity index (χ1n) is 24.6. The van der Waals surface area contributed by atoms with Crippen molar-refractivity contribution < 1.29 is 62.6 Å². The van der Waals surface area contributed by atoms with E-state index in [0.717, 1.165) is 24.8 Å². The van der Waals surface area contributed by atoms with Crippen LogP contribution in [0, 0.1) is 35.5 Å². The van der Waals surface area contributed by atoms with E-state index in [2.05, 4.69) is 0 Å². The van der Waals surface area contributed by atoms with E-state index < -0.39 is 77.8 Å². The number of hydrogen-bond acceptors (Lipinski definition) is 13. The largest absolute Gasteiger partial charge is 0.460 e. The van der Waals surface area contributed by atoms with Gasteiger partial charge in [-0.25, -0.2) is 4.79 Å². The quantitative estimate of drug-likeness (QED) is 0.171. The van der Waals surface area contributed by atoms with Crippen molar-refractivity contribution >= 4 is 29.2 Å². The lowest BCUT2D eigenvalue weighted by molar-refractivity contribution is -0.265. The van der Waals surface area contributed by atoms with Crippen molar-refractivity contribution in [2.45, 2.75) is 180 Å². The normalized spacial score (nSPS) is 41.0. The predicted molar refractivity (Wildman–Crippen MR) is 248 cm³/mol. The van der Waals surface area contributed by atoms with Gasteiger partial charge in [-0.1, -0.05) is 71.1 Å². The van der Waals surface area contributed by atoms with Gasteiger partial charge in [0, 0.05) is 51.4 Å². The first-order chi connectivity index (χ1) is 31.4. The maximum absolute atomic E-state index is 14.4. The second kappa shape index (κ2) is 24.8. The SMILES string of the molecule is CO[C@H]1C[C@@H]2CC[C@@H](C)[C@@](O)(O2)C(=O)C(=O)N2CCCC[C@H]2C(=O)O[C@H]([C@H](C)C[C@H]2CC[C@H]3OCCO[C@@H]3C2)CC(=O)[C@H](C)/C=C(/C)[C@@H](O)[C@@H](OC)C(=O)[C@H](C)C[C@H](C)\C=C/C=C\C=C/1C. The topological polar surface area (TPSA) is 184 Å². The maximum atomic E-state index is 14.4. The molecule has 4 heterocycles. The van der Waals surface area contributed by atoms with Crippen LogP contribution in [0.1, 0.15) is 126 Å². The molecule has 1 saturated carbocycles. The van der Waals surface area contributed by atoms with Crippen molar-refractivity contribution in [3.63, 3.8) is 0 Å². The van der Waals surface area contributed by atoms with E-state index in [1.807, 2.05) is 58.1 Å². The highest BCUT2D eigenvalue weighted by Crippen LogP contribution is 2.38. The summed E-state index contributed by atoms with van der Waals surface area (Å²) in [6.07, 6.45) is 13.2. The minimum Gasteiger partial charge on any atom is -0.460 e. The number of cyclic esters (lactones) is 1. The van der Waals surface area contributed by atoms with Crippen LogP contribution in [0.4, 0.5) is 0 Å². The van der Waals surface area contributed by atoms with Crippen molar-refractivity contribution in [1.82, 2.24) is 4.90 Å². The third-order valence-electron chi connectivity index (χ3n) is 14.9. The van der Waals surface area contributed by atoms with Crippen molar-refractivity contribution in [3.05, 3.63) is 47.6 Å². The Hall–Kier alpha value is -3.37. The number of nitrogens with zero attached hydrogens (tertiary/aromatic N) is 1. The number of allylic oxidation sites excluding steroid dienone is 6. The lowest BCUT2D eigenvalue weighted by Crippen LogP contribution is -2.61. The minimum atomic E-state index is -2.42. The number of ketones is 3. The minimum absolute atomic E-state index is 0.0201. The highest BCUT2D eigenvalue weighted by atomic mass is 16.6. The first kappa shape index (κ1) is 53.6. The van der Waals surface area contributed by atoms with Crippen LogP contribution >= 0.6 is 0 Å². The molecule has 0 aromatic rings. The lowest BCUT2D eigenvalue weighted by Gasteiger charge is -2.43. The summed E-state index contributed by atoms with van der Waals surface area (Å²) in [4.78, 5) is 72.0. The first-order valence-corrected chi connectivity index (χ1v) is 24.6. The smallest absolute Gasteiger partial charge is 0.329 e. The van der Waals surface area contributed by atoms with Gasteiger partial charge in [0.25, 0.3) is 11.7 Å². The van der Waals surface area contributed by atoms with Crippen molar-refractivity contribution in [2.75, 3.05) is 34.0 Å². The number of aliphatic hydroxyl groups is 2. The van der Waals surface area contributed by atoms with Gasteiger partial charge in [0.1, 0.15) is 30.1 Å². The number of hydrogen-bond donors (Lipinski definition) is 2. The summed E-state index contributed by atoms with van der Waals surface area (Å²) in [5.41, 5.74) is 1.29. The standard InChI is InChI=1S/C52H79NO13/c1-31-15-11-10-12-16-32(2)43(61-8)29-39-20-18-37(7)52(60,66-39)49(57)50(58)53-22-14-13-17-40(53)51(59)65-44(34(4)27-38-19-21-42-45(28-38)64-24-23-63-42)30-41(54)33(3)26-36(6)47(56)48(62-9)46(55)35(5)25-31/h10-12,15-16,26,31,33-35,37-40,42-45,47-48,56,60H,13-14,17-25,27-30H2,1-9H3/b12-10-,15-11-,32-16-,36-26-/t31-,33-,34-,35-,37-,38-,39+,40+,42-,43+,44+,45-,47-,48+,52-/m1/s1. The molecule has 370 valence electrons. The Morgan fingerprint density at radius 3 is 2.29 bits per heavy atom. The van der Waals surface area contributed by atoms with E-state index in [4.69, 9.17) is 28.4 Å². The molecule has 14 heteroatoms. The number of esters is 1. The van der Waals surface area contributed by atoms with Crippen molar-refractivity contribution in [3.8, 4) is 0 Å². The zero-order valence-corrected chi connectivity index (χ0v) is 41.0. The van der Waals surface area contributed by atoms with Crippen LogP contribution < -0.4 is 0 Å². The number of carbonyl (C=O) groups is 5. The van der Waals surface area contributed by atoms with Crippen LogP contribution in [0.2, 0.25) is 0 Å². The lowest BCUT2D eigenvalue weighted by atomic mass is 9.78. The molecule has 2 N–H and O–H groups in total. The third kappa shape index (κ3) is 13.7. The van der Waals surface area contributed by atoms with E-state index >= 15 is 0 Å². The van der Waals surface area contributed by atoms with Crippen LogP contribution in [0.5, 0.6) is 0 Å². The molecular formula is C52H79NO13. The summed E-state index contributed by atoms with van der Waals surface area (Å²) in [5.74, 6) is -7.61. The number of piperidine rings is 1.